The number of allylic oxidation sites excluding steroid dienone is 1. The zero-order chi connectivity index (χ0) is 83.4. The number of aromatic amines is 1. The number of benzene rings is 4. The molecule has 5 aliphatic heterocycles. The molecule has 0 amide bonds. The van der Waals surface area contributed by atoms with Crippen molar-refractivity contribution in [2.75, 3.05) is 65.2 Å². The number of nitrogens with two attached hydrogens (primary N) is 2. The summed E-state index contributed by atoms with van der Waals surface area (Å²) >= 11 is 0. The van der Waals surface area contributed by atoms with E-state index in [0.29, 0.717) is 68.7 Å². The number of nitrogens with one attached hydrogen (secondary N) is 2. The number of alkyl halides is 3. The third-order valence-electron chi connectivity index (χ3n) is 16.0. The Labute approximate surface area is 701 Å². The molecule has 628 valence electrons. The minimum absolute atomic E-state index is 0. The van der Waals surface area contributed by atoms with E-state index < -0.39 is 40.1 Å². The number of ether oxygens (including phenoxy) is 12. The Morgan fingerprint density at radius 3 is 1.44 bits per heavy atom. The molecule has 7 aromatic rings. The molecule has 117 heavy (non-hydrogen) atoms. The van der Waals surface area contributed by atoms with Crippen LogP contribution in [-0.4, -0.2) is 158 Å². The van der Waals surface area contributed by atoms with Crippen LogP contribution in [0.3, 0.4) is 0 Å². The van der Waals surface area contributed by atoms with Crippen LogP contribution in [0.5, 0.6) is 23.1 Å². The number of hydrogen-bond donors (Lipinski definition) is 5. The molecule has 8 heterocycles. The molecule has 0 saturated carbocycles. The van der Waals surface area contributed by atoms with Crippen LogP contribution in [0.25, 0.3) is 36.5 Å². The van der Waals surface area contributed by atoms with Crippen molar-refractivity contribution in [3.8, 4) is 23.1 Å². The van der Waals surface area contributed by atoms with Crippen LogP contribution < -0.4 is 70.1 Å². The second-order valence-corrected chi connectivity index (χ2v) is 26.7. The van der Waals surface area contributed by atoms with Gasteiger partial charge in [0.05, 0.1) is 58.2 Å². The van der Waals surface area contributed by atoms with Crippen LogP contribution in [0.4, 0.5) is 19.0 Å². The number of amidine groups is 1. The second kappa shape index (κ2) is 56.4. The number of H-pyrrole nitrogens is 1. The first-order chi connectivity index (χ1) is 56.2. The molecule has 7 N–H and O–H groups in total. The van der Waals surface area contributed by atoms with Gasteiger partial charge in [-0.3, -0.25) is 10.2 Å². The van der Waals surface area contributed by atoms with Gasteiger partial charge in [0, 0.05) is 38.9 Å². The number of aliphatic hydroxyl groups excluding tert-OH is 1. The molecule has 0 radical (unpaired) electrons. The molecule has 29 nitrogen and oxygen atoms in total. The summed E-state index contributed by atoms with van der Waals surface area (Å²) in [5.74, 6) is -0.500. The summed E-state index contributed by atoms with van der Waals surface area (Å²) in [6.45, 7) is 9.12. The summed E-state index contributed by atoms with van der Waals surface area (Å²) in [7, 11) is -5.93. The van der Waals surface area contributed by atoms with E-state index in [1.54, 1.807) is 69.5 Å². The van der Waals surface area contributed by atoms with Crippen molar-refractivity contribution in [2.24, 2.45) is 5.73 Å². The van der Waals surface area contributed by atoms with E-state index in [-0.39, 0.29) is 109 Å². The molecule has 12 rings (SSSR count). The maximum atomic E-state index is 12.7. The first-order valence-electron chi connectivity index (χ1n) is 38.1. The van der Waals surface area contributed by atoms with E-state index in [1.807, 2.05) is 121 Å². The Balaban J connectivity index is 0.000000254. The van der Waals surface area contributed by atoms with Crippen molar-refractivity contribution >= 4 is 70.2 Å². The molecule has 0 spiro atoms. The average molecular weight is 1660 g/mol. The Morgan fingerprint density at radius 2 is 1.01 bits per heavy atom. The predicted octanol–water partition coefficient (Wildman–Crippen LogP) is 9.87. The quantitative estimate of drug-likeness (QED) is 0.00519. The number of nitrogens with zero attached hydrogens (tertiary/aromatic N) is 5. The number of hydrogen-bond acceptors (Lipinski definition) is 27. The zero-order valence-corrected chi connectivity index (χ0v) is 69.0. The first-order valence-corrected chi connectivity index (χ1v) is 39.5. The third kappa shape index (κ3) is 40.2. The van der Waals surface area contributed by atoms with Gasteiger partial charge in [0.15, 0.2) is 60.4 Å². The van der Waals surface area contributed by atoms with Crippen LogP contribution in [0.15, 0.2) is 169 Å². The van der Waals surface area contributed by atoms with Crippen molar-refractivity contribution in [2.45, 2.75) is 160 Å². The van der Waals surface area contributed by atoms with E-state index >= 15 is 0 Å². The van der Waals surface area contributed by atoms with E-state index in [4.69, 9.17) is 74.1 Å². The van der Waals surface area contributed by atoms with Gasteiger partial charge in [0.1, 0.15) is 18.3 Å². The molecule has 5 aliphatic rings. The number of halogens is 3. The number of esters is 2. The number of carbonyl (C=O) groups excluding carboxylic acids is 2. The van der Waals surface area contributed by atoms with Gasteiger partial charge in [-0.1, -0.05) is 152 Å². The fraction of sp³-hybridized carbons (Fsp3) is 0.410. The smallest absolute Gasteiger partial charge is 0.875 e. The van der Waals surface area contributed by atoms with Crippen molar-refractivity contribution in [3.63, 3.8) is 0 Å². The molecule has 4 aromatic carbocycles. The molecule has 0 bridgehead atoms. The van der Waals surface area contributed by atoms with Gasteiger partial charge in [-0.05, 0) is 144 Å². The molecule has 0 aliphatic carbocycles. The van der Waals surface area contributed by atoms with E-state index in [1.165, 1.54) is 17.8 Å². The van der Waals surface area contributed by atoms with E-state index in [2.05, 4.69) is 38.8 Å². The van der Waals surface area contributed by atoms with Crippen LogP contribution in [0, 0.1) is 5.41 Å². The van der Waals surface area contributed by atoms with Gasteiger partial charge in [0.25, 0.3) is 11.4 Å². The summed E-state index contributed by atoms with van der Waals surface area (Å²) in [4.78, 5) is 57.2. The Bertz CT molecular complexity index is 4300. The Kier molecular flexibility index (Phi) is 47.1. The molecular formula is C83H103F3N9NaO20S. The Hall–Kier alpha value is -9.91. The van der Waals surface area contributed by atoms with Crippen LogP contribution in [-0.2, 0) is 68.8 Å². The Morgan fingerprint density at radius 1 is 0.590 bits per heavy atom. The van der Waals surface area contributed by atoms with Gasteiger partial charge in [-0.25, -0.2) is 29.5 Å². The van der Waals surface area contributed by atoms with Crippen LogP contribution in [0.2, 0.25) is 0 Å². The minimum Gasteiger partial charge on any atom is -0.875 e. The minimum atomic E-state index is -5.93. The van der Waals surface area contributed by atoms with E-state index in [9.17, 15) is 41.1 Å². The van der Waals surface area contributed by atoms with Gasteiger partial charge in [-0.2, -0.15) is 26.6 Å². The van der Waals surface area contributed by atoms with Gasteiger partial charge < -0.3 is 87.7 Å². The van der Waals surface area contributed by atoms with Crippen molar-refractivity contribution in [1.29, 1.82) is 5.41 Å². The normalized spacial score (nSPS) is 18.0. The summed E-state index contributed by atoms with van der Waals surface area (Å²) in [6.07, 6.45) is 30.9. The fourth-order valence-electron chi connectivity index (χ4n) is 10.3. The molecule has 5 saturated heterocycles. The number of aliphatic hydroxyl groups is 1. The fourth-order valence-corrected chi connectivity index (χ4v) is 10.8. The number of anilines is 1. The SMILES string of the molecule is CCO.CCOC(=O)C(=C[O-])OC1CCCCO1.CCOC(=O)COC1CCCCO1.N=C(N)/C=C/Cc1ccccc1.Nc1nc(/C=C/c2ccccc2)ncc1OC1CCCCO1.O=S(=O)(Oc1nc(/C=C/c2ccccc2)ncc1OC1CCCCO1)C(F)(F)F.O=c1[nH]c(/C=C/c2ccccc2)ncc1OC1CCCCO1.[Na+]. The second-order valence-electron chi connectivity index (χ2n) is 25.2. The van der Waals surface area contributed by atoms with Crippen LogP contribution in [0.1, 0.15) is 157 Å². The molecule has 5 unspecified atom stereocenters. The first kappa shape index (κ1) is 97.7. The van der Waals surface area contributed by atoms with Crippen molar-refractivity contribution in [3.05, 3.63) is 214 Å². The third-order valence-corrected chi connectivity index (χ3v) is 16.9. The molecule has 5 atom stereocenters. The van der Waals surface area contributed by atoms with Gasteiger partial charge >= 0.3 is 57.1 Å². The summed E-state index contributed by atoms with van der Waals surface area (Å²) in [5.41, 5.74) is 9.33. The van der Waals surface area contributed by atoms with Gasteiger partial charge in [-0.15, -0.1) is 0 Å². The summed E-state index contributed by atoms with van der Waals surface area (Å²) in [5, 5.41) is 25.1. The zero-order valence-electron chi connectivity index (χ0n) is 66.2. The maximum Gasteiger partial charge on any atom is 1.00 e. The standard InChI is InChI=1S/C18H17F3N2O5S.C17H19N3O2.C17H18N2O3.C10H12N2.C10H16O5.C9H16O4.C2H6O.Na/c19-18(20,21)29(24,25)28-17-14(27-16-8-4-5-11-26-16)12-22-15(23-17)10-9-13-6-2-1-3-7-13;18-17-14(22-16-8-4-5-11-21-16)12-19-15(20-17)10-9-13-6-2-1-3-7-13;20-17-14(22-16-8-4-5-11-21-16)12-18-15(19-17)10-9-13-6-2-1-3-7-13;11-10(12)8-4-7-9-5-2-1-3-6-9;1-2-13-10(12)8(7-11)15-9-5-3-4-6-14-9;1-2-11-8(10)7-13-9-5-3-4-6-12-9;1-2-3;/h1-3,6-7,9-10,12,16H,4-5,8,11H2;1-3,6-7,9-10,12,16H,4-5,8,11H2,(H2,18,19,20);1-3,6-7,9-10,12,16H,4-5,8,11H2,(H,18,19,20);1-6,8H,7H2,(H3,11,12);7,9,11H,2-6H2,1H3;9H,2-7H2,1H3;3H,2H2,1H3;/q;;;;;;;+1/p-1/b3*10-9+;8-4+;;;;. The molecular weight excluding hydrogens is 1560 g/mol. The predicted molar refractivity (Wildman–Crippen MR) is 427 cm³/mol. The molecule has 5 fully saturated rings. The molecule has 34 heteroatoms. The van der Waals surface area contributed by atoms with Crippen molar-refractivity contribution < 1.29 is 132 Å². The average Bonchev–Trinajstić information content (AvgIpc) is 0.803. The number of carbonyl (C=O) groups is 2. The van der Waals surface area contributed by atoms with E-state index in [0.717, 1.165) is 126 Å². The summed E-state index contributed by atoms with van der Waals surface area (Å²) < 4.78 is 129. The number of rotatable bonds is 25. The number of aromatic nitrogens is 6. The van der Waals surface area contributed by atoms with Crippen LogP contribution >= 0.6 is 0 Å². The molecule has 3 aromatic heterocycles. The monoisotopic (exact) mass is 1660 g/mol. The largest absolute Gasteiger partial charge is 1.00 e. The van der Waals surface area contributed by atoms with Gasteiger partial charge in [0.2, 0.25) is 11.5 Å². The maximum absolute atomic E-state index is 12.7. The number of nitrogen functional groups attached to an aromatic ring is 1. The van der Waals surface area contributed by atoms with Crippen molar-refractivity contribution in [1.82, 2.24) is 29.9 Å². The topological polar surface area (TPSA) is 405 Å². The summed E-state index contributed by atoms with van der Waals surface area (Å²) in [6, 6.07) is 38.9.